The maximum atomic E-state index is 12.5. The van der Waals surface area contributed by atoms with Gasteiger partial charge in [-0.2, -0.15) is 0 Å². The van der Waals surface area contributed by atoms with Crippen molar-refractivity contribution in [2.75, 3.05) is 57.5 Å². The molecular formula is C34H55N3O10. The lowest BCUT2D eigenvalue weighted by molar-refractivity contribution is -0.154. The van der Waals surface area contributed by atoms with E-state index in [1.54, 1.807) is 26.8 Å². The average molecular weight is 666 g/mol. The first-order valence-electron chi connectivity index (χ1n) is 16.4. The molecule has 0 heterocycles. The lowest BCUT2D eigenvalue weighted by atomic mass is 10.1. The second kappa shape index (κ2) is 23.9. The van der Waals surface area contributed by atoms with Crippen molar-refractivity contribution in [3.63, 3.8) is 0 Å². The lowest BCUT2D eigenvalue weighted by Crippen LogP contribution is -2.32. The van der Waals surface area contributed by atoms with E-state index in [2.05, 4.69) is 10.6 Å². The minimum absolute atomic E-state index is 0.0261. The van der Waals surface area contributed by atoms with E-state index in [4.69, 9.17) is 14.2 Å². The number of anilines is 1. The Balaban J connectivity index is 2.39. The molecule has 0 aliphatic heterocycles. The third-order valence-electron chi connectivity index (χ3n) is 6.69. The maximum Gasteiger partial charge on any atom is 0.308 e. The number of ether oxygens (including phenoxy) is 3. The molecule has 0 unspecified atom stereocenters. The van der Waals surface area contributed by atoms with Crippen molar-refractivity contribution in [3.8, 4) is 0 Å². The van der Waals surface area contributed by atoms with Gasteiger partial charge in [0.15, 0.2) is 5.78 Å². The van der Waals surface area contributed by atoms with Crippen LogP contribution in [0.3, 0.4) is 0 Å². The zero-order valence-electron chi connectivity index (χ0n) is 28.6. The molecule has 0 saturated heterocycles. The molecule has 0 aliphatic carbocycles. The summed E-state index contributed by atoms with van der Waals surface area (Å²) < 4.78 is 16.3. The molecule has 0 radical (unpaired) electrons. The van der Waals surface area contributed by atoms with Gasteiger partial charge >= 0.3 is 5.97 Å². The normalized spacial score (nSPS) is 11.2. The molecule has 4 N–H and O–H groups in total. The molecule has 1 aromatic carbocycles. The Morgan fingerprint density at radius 1 is 0.723 bits per heavy atom. The fraction of sp³-hybridized carbons (Fsp3) is 0.676. The Kier molecular flexibility index (Phi) is 21.1. The zero-order chi connectivity index (χ0) is 35.1. The summed E-state index contributed by atoms with van der Waals surface area (Å²) in [5.41, 5.74) is 1.55. The Labute approximate surface area is 278 Å². The molecule has 0 fully saturated rings. The van der Waals surface area contributed by atoms with Gasteiger partial charge in [-0.15, -0.1) is 0 Å². The number of aliphatic hydroxyl groups excluding tert-OH is 2. The Morgan fingerprint density at radius 2 is 1.32 bits per heavy atom. The summed E-state index contributed by atoms with van der Waals surface area (Å²) in [5, 5.41) is 24.4. The van der Waals surface area contributed by atoms with Gasteiger partial charge in [-0.05, 0) is 56.9 Å². The third-order valence-corrected chi connectivity index (χ3v) is 6.69. The first-order valence-corrected chi connectivity index (χ1v) is 16.4. The van der Waals surface area contributed by atoms with Crippen LogP contribution in [0, 0.1) is 0 Å². The summed E-state index contributed by atoms with van der Waals surface area (Å²) in [6, 6.07) is 5.42. The number of nitrogens with one attached hydrogen (secondary N) is 2. The Hall–Kier alpha value is -3.39. The van der Waals surface area contributed by atoms with Gasteiger partial charge in [0.05, 0.1) is 46.0 Å². The van der Waals surface area contributed by atoms with E-state index < -0.39 is 17.5 Å². The van der Waals surface area contributed by atoms with Crippen molar-refractivity contribution < 1.29 is 48.4 Å². The largest absolute Gasteiger partial charge is 0.460 e. The molecule has 47 heavy (non-hydrogen) atoms. The minimum atomic E-state index is -0.603. The highest BCUT2D eigenvalue weighted by atomic mass is 16.6. The highest BCUT2D eigenvalue weighted by Gasteiger charge is 2.17. The Morgan fingerprint density at radius 3 is 1.91 bits per heavy atom. The van der Waals surface area contributed by atoms with Gasteiger partial charge in [0, 0.05) is 64.0 Å². The van der Waals surface area contributed by atoms with Crippen LogP contribution in [0.25, 0.3) is 0 Å². The predicted octanol–water partition coefficient (Wildman–Crippen LogP) is 2.36. The fourth-order valence-electron chi connectivity index (χ4n) is 4.38. The van der Waals surface area contributed by atoms with Gasteiger partial charge in [-0.25, -0.2) is 0 Å². The van der Waals surface area contributed by atoms with E-state index in [1.807, 2.05) is 24.0 Å². The maximum absolute atomic E-state index is 12.5. The molecule has 0 spiro atoms. The monoisotopic (exact) mass is 665 g/mol. The van der Waals surface area contributed by atoms with E-state index in [0.717, 1.165) is 12.1 Å². The van der Waals surface area contributed by atoms with E-state index in [0.29, 0.717) is 57.1 Å². The standard InChI is InChI=1S/C34H55N3O10/c1-5-16-45-18-19-46-17-15-37(28-21-26(24-38)20-27(22-28)25-39)14-6-7-29(40)8-10-32(43)36-23-30(41)9-11-31(42)35-13-12-33(44)47-34(2,3)4/h20-22,38-39H,5-19,23-25H2,1-4H3,(H,35,42)(H,36,43). The van der Waals surface area contributed by atoms with Crippen LogP contribution in [-0.4, -0.2) is 97.8 Å². The SMILES string of the molecule is CCCOCCOCCN(CCCC(=O)CCC(=O)NCC(=O)CCC(=O)NCCC(=O)OC(C)(C)C)c1cc(CO)cc(CO)c1. The van der Waals surface area contributed by atoms with Gasteiger partial charge in [0.1, 0.15) is 11.4 Å². The van der Waals surface area contributed by atoms with Crippen molar-refractivity contribution in [2.24, 2.45) is 0 Å². The molecule has 0 aromatic heterocycles. The average Bonchev–Trinajstić information content (AvgIpc) is 3.02. The summed E-state index contributed by atoms with van der Waals surface area (Å²) >= 11 is 0. The summed E-state index contributed by atoms with van der Waals surface area (Å²) in [4.78, 5) is 62.5. The zero-order valence-corrected chi connectivity index (χ0v) is 28.6. The highest BCUT2D eigenvalue weighted by molar-refractivity contribution is 5.90. The van der Waals surface area contributed by atoms with Gasteiger partial charge in [0.2, 0.25) is 11.8 Å². The van der Waals surface area contributed by atoms with Crippen LogP contribution in [0.4, 0.5) is 5.69 Å². The second-order valence-corrected chi connectivity index (χ2v) is 12.2. The van der Waals surface area contributed by atoms with Crippen molar-refractivity contribution in [1.29, 1.82) is 0 Å². The third kappa shape index (κ3) is 21.2. The fourth-order valence-corrected chi connectivity index (χ4v) is 4.38. The van der Waals surface area contributed by atoms with E-state index in [1.165, 1.54) is 0 Å². The smallest absolute Gasteiger partial charge is 0.308 e. The second-order valence-electron chi connectivity index (χ2n) is 12.2. The minimum Gasteiger partial charge on any atom is -0.460 e. The van der Waals surface area contributed by atoms with Crippen LogP contribution in [0.15, 0.2) is 18.2 Å². The number of ketones is 2. The molecule has 2 amide bonds. The number of hydrogen-bond donors (Lipinski definition) is 4. The van der Waals surface area contributed by atoms with Gasteiger partial charge in [0.25, 0.3) is 0 Å². The van der Waals surface area contributed by atoms with Crippen LogP contribution in [-0.2, 0) is 51.4 Å². The lowest BCUT2D eigenvalue weighted by Gasteiger charge is -2.26. The molecule has 0 saturated carbocycles. The molecule has 266 valence electrons. The number of benzene rings is 1. The van der Waals surface area contributed by atoms with E-state index in [-0.39, 0.29) is 82.3 Å². The van der Waals surface area contributed by atoms with Gasteiger partial charge in [-0.1, -0.05) is 13.0 Å². The molecule has 13 nitrogen and oxygen atoms in total. The van der Waals surface area contributed by atoms with Crippen LogP contribution in [0.1, 0.15) is 90.2 Å². The number of amides is 2. The van der Waals surface area contributed by atoms with Crippen LogP contribution >= 0.6 is 0 Å². The van der Waals surface area contributed by atoms with Crippen molar-refractivity contribution >= 4 is 35.0 Å². The number of rotatable bonds is 26. The molecule has 0 aliphatic rings. The Bertz CT molecular complexity index is 1100. The number of hydrogen-bond acceptors (Lipinski definition) is 11. The molecular weight excluding hydrogens is 610 g/mol. The van der Waals surface area contributed by atoms with Crippen molar-refractivity contribution in [1.82, 2.24) is 10.6 Å². The van der Waals surface area contributed by atoms with Crippen LogP contribution < -0.4 is 15.5 Å². The predicted molar refractivity (Wildman–Crippen MR) is 177 cm³/mol. The van der Waals surface area contributed by atoms with Crippen molar-refractivity contribution in [2.45, 2.75) is 97.9 Å². The molecule has 0 atom stereocenters. The number of carbonyl (C=O) groups is 5. The summed E-state index contributed by atoms with van der Waals surface area (Å²) in [6.45, 7) is 9.98. The number of aliphatic hydroxyl groups is 2. The molecule has 13 heteroatoms. The number of carbonyl (C=O) groups excluding carboxylic acids is 5. The van der Waals surface area contributed by atoms with Gasteiger partial charge < -0.3 is 40.0 Å². The van der Waals surface area contributed by atoms with E-state index in [9.17, 15) is 34.2 Å². The number of esters is 1. The van der Waals surface area contributed by atoms with E-state index >= 15 is 0 Å². The highest BCUT2D eigenvalue weighted by Crippen LogP contribution is 2.21. The molecule has 1 rings (SSSR count). The first kappa shape index (κ1) is 41.6. The summed E-state index contributed by atoms with van der Waals surface area (Å²) in [6.07, 6.45) is 1.60. The number of nitrogens with zero attached hydrogens (tertiary/aromatic N) is 1. The first-order chi connectivity index (χ1) is 22.4. The molecule has 0 bridgehead atoms. The quantitative estimate of drug-likeness (QED) is 0.0843. The topological polar surface area (TPSA) is 181 Å². The number of Topliss-reactive ketones (excluding diaryl/α,β-unsaturated/α-hetero) is 2. The molecule has 1 aromatic rings. The van der Waals surface area contributed by atoms with Crippen molar-refractivity contribution in [3.05, 3.63) is 29.3 Å². The van der Waals surface area contributed by atoms with Crippen LogP contribution in [0.5, 0.6) is 0 Å². The summed E-state index contributed by atoms with van der Waals surface area (Å²) in [5.74, 6) is -1.63. The van der Waals surface area contributed by atoms with Crippen LogP contribution in [0.2, 0.25) is 0 Å². The van der Waals surface area contributed by atoms with Gasteiger partial charge in [-0.3, -0.25) is 24.0 Å². The summed E-state index contributed by atoms with van der Waals surface area (Å²) in [7, 11) is 0.